The molecule has 2 heterocycles. The van der Waals surface area contributed by atoms with Crippen molar-refractivity contribution >= 4 is 29.0 Å². The van der Waals surface area contributed by atoms with Crippen LogP contribution < -0.4 is 0 Å². The Balaban J connectivity index is 2.06. The zero-order valence-electron chi connectivity index (χ0n) is 11.3. The summed E-state index contributed by atoms with van der Waals surface area (Å²) < 4.78 is 0. The summed E-state index contributed by atoms with van der Waals surface area (Å²) in [6.45, 7) is 4.10. The summed E-state index contributed by atoms with van der Waals surface area (Å²) in [6.07, 6.45) is 0.928. The van der Waals surface area contributed by atoms with Crippen LogP contribution >= 0.6 is 22.7 Å². The number of thiophene rings is 2. The lowest BCUT2D eigenvalue weighted by atomic mass is 9.98. The van der Waals surface area contributed by atoms with Crippen LogP contribution in [0.15, 0.2) is 41.8 Å². The van der Waals surface area contributed by atoms with Gasteiger partial charge in [0.25, 0.3) is 0 Å². The summed E-state index contributed by atoms with van der Waals surface area (Å²) in [5.41, 5.74) is 4.26. The number of benzene rings is 1. The van der Waals surface area contributed by atoms with Gasteiger partial charge < -0.3 is 0 Å². The van der Waals surface area contributed by atoms with Gasteiger partial charge in [0.1, 0.15) is 6.29 Å². The van der Waals surface area contributed by atoms with E-state index < -0.39 is 0 Å². The Hall–Kier alpha value is -1.71. The third-order valence-electron chi connectivity index (χ3n) is 3.59. The highest BCUT2D eigenvalue weighted by molar-refractivity contribution is 7.23. The second-order valence-corrected chi connectivity index (χ2v) is 6.74. The van der Waals surface area contributed by atoms with Crippen LogP contribution in [-0.4, -0.2) is 6.29 Å². The second kappa shape index (κ2) is 5.35. The third kappa shape index (κ3) is 2.23. The van der Waals surface area contributed by atoms with Gasteiger partial charge in [0.15, 0.2) is 0 Å². The second-order valence-electron chi connectivity index (χ2n) is 4.71. The van der Waals surface area contributed by atoms with Crippen LogP contribution in [0.5, 0.6) is 0 Å². The molecule has 100 valence electrons. The van der Waals surface area contributed by atoms with Crippen LogP contribution in [-0.2, 0) is 0 Å². The lowest BCUT2D eigenvalue weighted by Gasteiger charge is -2.08. The molecule has 0 aliphatic rings. The minimum absolute atomic E-state index is 0.779. The van der Waals surface area contributed by atoms with Gasteiger partial charge in [-0.25, -0.2) is 0 Å². The number of hydrogen-bond acceptors (Lipinski definition) is 3. The predicted octanol–water partition coefficient (Wildman–Crippen LogP) is 5.57. The number of carbonyl (C=O) groups excluding carboxylic acids is 1. The molecule has 20 heavy (non-hydrogen) atoms. The third-order valence-corrected chi connectivity index (χ3v) is 5.78. The van der Waals surface area contributed by atoms with Crippen LogP contribution in [0, 0.1) is 13.8 Å². The van der Waals surface area contributed by atoms with Crippen molar-refractivity contribution in [2.45, 2.75) is 13.8 Å². The first kappa shape index (κ1) is 13.3. The number of rotatable bonds is 3. The van der Waals surface area contributed by atoms with Crippen molar-refractivity contribution in [3.05, 3.63) is 58.5 Å². The van der Waals surface area contributed by atoms with Crippen LogP contribution in [0.3, 0.4) is 0 Å². The Morgan fingerprint density at radius 1 is 0.900 bits per heavy atom. The topological polar surface area (TPSA) is 17.1 Å². The van der Waals surface area contributed by atoms with Gasteiger partial charge in [-0.05, 0) is 54.1 Å². The molecule has 0 amide bonds. The van der Waals surface area contributed by atoms with E-state index >= 15 is 0 Å². The molecule has 0 bridgehead atoms. The Labute approximate surface area is 126 Å². The molecule has 0 fully saturated rings. The predicted molar refractivity (Wildman–Crippen MR) is 87.9 cm³/mol. The Morgan fingerprint density at radius 3 is 2.40 bits per heavy atom. The van der Waals surface area contributed by atoms with Crippen molar-refractivity contribution in [1.82, 2.24) is 0 Å². The molecule has 0 N–H and O–H groups in total. The molecule has 0 aliphatic carbocycles. The highest BCUT2D eigenvalue weighted by atomic mass is 32.1. The minimum Gasteiger partial charge on any atom is -0.298 e. The van der Waals surface area contributed by atoms with E-state index in [2.05, 4.69) is 42.6 Å². The molecular formula is C17H14OS2. The van der Waals surface area contributed by atoms with E-state index in [1.54, 1.807) is 22.7 Å². The van der Waals surface area contributed by atoms with Gasteiger partial charge in [-0.1, -0.05) is 18.2 Å². The van der Waals surface area contributed by atoms with Gasteiger partial charge in [0.2, 0.25) is 0 Å². The Kier molecular flexibility index (Phi) is 3.55. The Bertz CT molecular complexity index is 751. The van der Waals surface area contributed by atoms with Crippen molar-refractivity contribution in [3.8, 4) is 20.2 Å². The van der Waals surface area contributed by atoms with E-state index in [1.165, 1.54) is 25.8 Å². The van der Waals surface area contributed by atoms with Gasteiger partial charge in [0, 0.05) is 20.2 Å². The molecule has 0 saturated heterocycles. The van der Waals surface area contributed by atoms with Crippen molar-refractivity contribution in [3.63, 3.8) is 0 Å². The zero-order chi connectivity index (χ0) is 14.1. The largest absolute Gasteiger partial charge is 0.298 e. The van der Waals surface area contributed by atoms with Crippen molar-refractivity contribution in [2.24, 2.45) is 0 Å². The fraction of sp³-hybridized carbons (Fsp3) is 0.118. The summed E-state index contributed by atoms with van der Waals surface area (Å²) in [7, 11) is 0. The van der Waals surface area contributed by atoms with Crippen LogP contribution in [0.2, 0.25) is 0 Å². The lowest BCUT2D eigenvalue weighted by molar-refractivity contribution is 0.112. The first-order chi connectivity index (χ1) is 9.70. The molecule has 1 nitrogen and oxygen atoms in total. The van der Waals surface area contributed by atoms with Gasteiger partial charge >= 0.3 is 0 Å². The summed E-state index contributed by atoms with van der Waals surface area (Å²) in [6, 6.07) is 12.5. The summed E-state index contributed by atoms with van der Waals surface area (Å²) in [4.78, 5) is 14.9. The maximum Gasteiger partial charge on any atom is 0.150 e. The monoisotopic (exact) mass is 298 g/mol. The molecule has 0 aliphatic heterocycles. The average Bonchev–Trinajstić information content (AvgIpc) is 3.11. The molecule has 0 atom stereocenters. The lowest BCUT2D eigenvalue weighted by Crippen LogP contribution is -1.92. The summed E-state index contributed by atoms with van der Waals surface area (Å²) in [5.74, 6) is 0. The van der Waals surface area contributed by atoms with Crippen LogP contribution in [0.1, 0.15) is 21.5 Å². The molecule has 0 saturated carbocycles. The van der Waals surface area contributed by atoms with Gasteiger partial charge in [-0.2, -0.15) is 0 Å². The molecule has 3 heteroatoms. The molecule has 2 aromatic heterocycles. The normalized spacial score (nSPS) is 10.7. The average molecular weight is 298 g/mol. The van der Waals surface area contributed by atoms with Crippen LogP contribution in [0.25, 0.3) is 20.2 Å². The van der Waals surface area contributed by atoms with E-state index in [1.807, 2.05) is 13.0 Å². The van der Waals surface area contributed by atoms with Crippen molar-refractivity contribution < 1.29 is 4.79 Å². The van der Waals surface area contributed by atoms with E-state index in [9.17, 15) is 4.79 Å². The molecule has 3 rings (SSSR count). The molecule has 0 radical (unpaired) electrons. The Morgan fingerprint density at radius 2 is 1.70 bits per heavy atom. The van der Waals surface area contributed by atoms with E-state index in [0.717, 1.165) is 17.4 Å². The maximum absolute atomic E-state index is 11.0. The van der Waals surface area contributed by atoms with Crippen molar-refractivity contribution in [1.29, 1.82) is 0 Å². The molecule has 3 aromatic rings. The first-order valence-electron chi connectivity index (χ1n) is 6.40. The molecular weight excluding hydrogens is 284 g/mol. The molecule has 0 spiro atoms. The number of hydrogen-bond donors (Lipinski definition) is 0. The standard InChI is InChI=1S/C17H14OS2/c1-11-12(2)14(6-5-13(11)10-18)15-7-8-17(20-15)16-4-3-9-19-16/h3-10H,1-2H3. The van der Waals surface area contributed by atoms with Gasteiger partial charge in [-0.15, -0.1) is 22.7 Å². The van der Waals surface area contributed by atoms with E-state index in [4.69, 9.17) is 0 Å². The molecule has 1 aromatic carbocycles. The summed E-state index contributed by atoms with van der Waals surface area (Å²) >= 11 is 3.56. The minimum atomic E-state index is 0.779. The SMILES string of the molecule is Cc1c(C=O)ccc(-c2ccc(-c3cccs3)s2)c1C. The van der Waals surface area contributed by atoms with E-state index in [0.29, 0.717) is 0 Å². The van der Waals surface area contributed by atoms with Crippen LogP contribution in [0.4, 0.5) is 0 Å². The number of aldehydes is 1. The summed E-state index contributed by atoms with van der Waals surface area (Å²) in [5, 5.41) is 2.10. The maximum atomic E-state index is 11.0. The highest BCUT2D eigenvalue weighted by Gasteiger charge is 2.11. The smallest absolute Gasteiger partial charge is 0.150 e. The fourth-order valence-corrected chi connectivity index (χ4v) is 4.19. The molecule has 0 unspecified atom stereocenters. The van der Waals surface area contributed by atoms with Crippen molar-refractivity contribution in [2.75, 3.05) is 0 Å². The zero-order valence-corrected chi connectivity index (χ0v) is 13.0. The van der Waals surface area contributed by atoms with Gasteiger partial charge in [-0.3, -0.25) is 4.79 Å². The number of carbonyl (C=O) groups is 1. The quantitative estimate of drug-likeness (QED) is 0.577. The van der Waals surface area contributed by atoms with E-state index in [-0.39, 0.29) is 0 Å². The first-order valence-corrected chi connectivity index (χ1v) is 8.10. The van der Waals surface area contributed by atoms with Gasteiger partial charge in [0.05, 0.1) is 0 Å². The fourth-order valence-electron chi connectivity index (χ4n) is 2.27. The highest BCUT2D eigenvalue weighted by Crippen LogP contribution is 2.38.